The maximum absolute atomic E-state index is 13.4. The number of fused-ring (bicyclic) bond motifs is 1. The van der Waals surface area contributed by atoms with Gasteiger partial charge in [0.15, 0.2) is 5.82 Å². The van der Waals surface area contributed by atoms with Crippen LogP contribution in [-0.2, 0) is 6.18 Å². The van der Waals surface area contributed by atoms with Crippen LogP contribution in [0.5, 0.6) is 0 Å². The van der Waals surface area contributed by atoms with Gasteiger partial charge in [-0.1, -0.05) is 52.9 Å². The lowest BCUT2D eigenvalue weighted by molar-refractivity contribution is -0.137. The van der Waals surface area contributed by atoms with Gasteiger partial charge in [-0.2, -0.15) is 23.3 Å². The number of hydrogen-bond acceptors (Lipinski definition) is 5. The van der Waals surface area contributed by atoms with Crippen molar-refractivity contribution >= 4 is 45.3 Å². The largest absolute Gasteiger partial charge is 0.417 e. The van der Waals surface area contributed by atoms with Gasteiger partial charge in [-0.3, -0.25) is 0 Å². The summed E-state index contributed by atoms with van der Waals surface area (Å²) in [5.41, 5.74) is -0.372. The summed E-state index contributed by atoms with van der Waals surface area (Å²) in [5.74, 6) is 0.627. The first-order valence-corrected chi connectivity index (χ1v) is 10.1. The zero-order chi connectivity index (χ0) is 20.1. The quantitative estimate of drug-likeness (QED) is 0.299. The third-order valence-electron chi connectivity index (χ3n) is 3.73. The molecule has 4 rings (SSSR count). The Hall–Kier alpha value is -2.76. The second kappa shape index (κ2) is 8.50. The fourth-order valence-electron chi connectivity index (χ4n) is 2.60. The lowest BCUT2D eigenvalue weighted by Crippen LogP contribution is -2.09. The fraction of sp³-hybridized carbons (Fsp3) is 0.111. The maximum Gasteiger partial charge on any atom is 0.417 e. The molecular formula is C18H14F3IN6. The highest BCUT2D eigenvalue weighted by Gasteiger charge is 2.34. The number of para-hydroxylation sites is 1. The fourth-order valence-corrected chi connectivity index (χ4v) is 2.60. The average Bonchev–Trinajstić information content (AvgIpc) is 3.22. The monoisotopic (exact) mass is 498 g/mol. The number of H-pyrrole nitrogens is 1. The smallest absolute Gasteiger partial charge is 0.309 e. The van der Waals surface area contributed by atoms with Crippen LogP contribution in [0, 0.1) is 0 Å². The normalized spacial score (nSPS) is 11.0. The Morgan fingerprint density at radius 3 is 2.39 bits per heavy atom. The molecule has 28 heavy (non-hydrogen) atoms. The van der Waals surface area contributed by atoms with E-state index >= 15 is 0 Å². The van der Waals surface area contributed by atoms with Crippen molar-refractivity contribution in [3.8, 4) is 11.4 Å². The molecule has 2 heterocycles. The Morgan fingerprint density at radius 2 is 1.68 bits per heavy atom. The Kier molecular flexibility index (Phi) is 6.07. The van der Waals surface area contributed by atoms with E-state index in [1.165, 1.54) is 24.5 Å². The molecule has 2 aromatic heterocycles. The average molecular weight is 498 g/mol. The van der Waals surface area contributed by atoms with Crippen LogP contribution >= 0.6 is 22.6 Å². The second-order valence-electron chi connectivity index (χ2n) is 5.42. The minimum absolute atomic E-state index is 0.0290. The van der Waals surface area contributed by atoms with E-state index in [0.717, 1.165) is 6.07 Å². The molecule has 4 aromatic rings. The van der Waals surface area contributed by atoms with Crippen LogP contribution in [0.15, 0.2) is 54.9 Å². The molecule has 0 unspecified atom stereocenters. The van der Waals surface area contributed by atoms with Crippen LogP contribution in [0.3, 0.4) is 0 Å². The van der Waals surface area contributed by atoms with Crippen molar-refractivity contribution in [2.24, 2.45) is 0 Å². The Labute approximate surface area is 171 Å². The van der Waals surface area contributed by atoms with E-state index in [-0.39, 0.29) is 11.4 Å². The van der Waals surface area contributed by atoms with Crippen LogP contribution in [0.1, 0.15) is 5.56 Å². The molecule has 0 aliphatic heterocycles. The molecule has 10 heteroatoms. The van der Waals surface area contributed by atoms with E-state index in [0.29, 0.717) is 22.7 Å². The van der Waals surface area contributed by atoms with Gasteiger partial charge in [0.25, 0.3) is 0 Å². The van der Waals surface area contributed by atoms with E-state index in [2.05, 4.69) is 53.1 Å². The highest BCUT2D eigenvalue weighted by molar-refractivity contribution is 14.1. The molecule has 0 amide bonds. The number of aromatic amines is 1. The Bertz CT molecular complexity index is 1070. The van der Waals surface area contributed by atoms with Crippen LogP contribution in [0.4, 0.5) is 24.9 Å². The van der Waals surface area contributed by atoms with Crippen LogP contribution < -0.4 is 5.32 Å². The number of nitrogens with one attached hydrogen (secondary N) is 2. The number of aromatic nitrogens is 5. The van der Waals surface area contributed by atoms with Crippen LogP contribution in [0.25, 0.3) is 22.3 Å². The summed E-state index contributed by atoms with van der Waals surface area (Å²) in [7, 11) is 0. The molecule has 0 atom stereocenters. The molecule has 2 N–H and O–H groups in total. The topological polar surface area (TPSA) is 79.4 Å². The molecule has 144 valence electrons. The molecule has 6 nitrogen and oxygen atoms in total. The van der Waals surface area contributed by atoms with E-state index < -0.39 is 11.7 Å². The summed E-state index contributed by atoms with van der Waals surface area (Å²) in [6, 6.07) is 12.2. The zero-order valence-corrected chi connectivity index (χ0v) is 16.7. The molecule has 0 aliphatic carbocycles. The van der Waals surface area contributed by atoms with Crippen LogP contribution in [0.2, 0.25) is 0 Å². The summed E-state index contributed by atoms with van der Waals surface area (Å²) in [4.78, 5) is 14.6. The number of benzene rings is 2. The van der Waals surface area contributed by atoms with Gasteiger partial charge >= 0.3 is 6.18 Å². The molecule has 0 fully saturated rings. The third kappa shape index (κ3) is 4.21. The second-order valence-corrected chi connectivity index (χ2v) is 5.42. The maximum atomic E-state index is 13.4. The van der Waals surface area contributed by atoms with Gasteiger partial charge in [0.1, 0.15) is 12.1 Å². The molecule has 0 spiro atoms. The number of hydrogen-bond donors (Lipinski definition) is 2. The van der Waals surface area contributed by atoms with Crippen molar-refractivity contribution in [2.45, 2.75) is 6.18 Å². The summed E-state index contributed by atoms with van der Waals surface area (Å²) in [6.45, 7) is 0. The number of anilines is 2. The predicted octanol–water partition coefficient (Wildman–Crippen LogP) is 5.23. The van der Waals surface area contributed by atoms with E-state index in [1.54, 1.807) is 24.3 Å². The lowest BCUT2D eigenvalue weighted by Gasteiger charge is -2.13. The van der Waals surface area contributed by atoms with Gasteiger partial charge < -0.3 is 5.32 Å². The van der Waals surface area contributed by atoms with Gasteiger partial charge in [0.05, 0.1) is 11.1 Å². The highest BCUT2D eigenvalue weighted by Crippen LogP contribution is 2.37. The Morgan fingerprint density at radius 1 is 0.964 bits per heavy atom. The molecule has 2 aromatic carbocycles. The van der Waals surface area contributed by atoms with Gasteiger partial charge in [-0.25, -0.2) is 15.1 Å². The van der Waals surface area contributed by atoms with Crippen molar-refractivity contribution in [2.75, 3.05) is 10.2 Å². The van der Waals surface area contributed by atoms with Crippen molar-refractivity contribution < 1.29 is 13.2 Å². The SMILES string of the molecule is CI.FC(F)(F)c1ccccc1-c1nc(Nc2ncn[nH]2)c2ccccc2n1. The predicted molar refractivity (Wildman–Crippen MR) is 110 cm³/mol. The minimum atomic E-state index is -4.51. The van der Waals surface area contributed by atoms with E-state index in [9.17, 15) is 13.2 Å². The molecular weight excluding hydrogens is 484 g/mol. The Balaban J connectivity index is 0.00000109. The van der Waals surface area contributed by atoms with Gasteiger partial charge in [-0.05, 0) is 23.1 Å². The minimum Gasteiger partial charge on any atom is -0.309 e. The van der Waals surface area contributed by atoms with E-state index in [4.69, 9.17) is 0 Å². The summed E-state index contributed by atoms with van der Waals surface area (Å²) >= 11 is 2.15. The van der Waals surface area contributed by atoms with Crippen molar-refractivity contribution in [1.82, 2.24) is 25.1 Å². The zero-order valence-electron chi connectivity index (χ0n) is 14.5. The van der Waals surface area contributed by atoms with E-state index in [1.807, 2.05) is 4.93 Å². The summed E-state index contributed by atoms with van der Waals surface area (Å²) in [5, 5.41) is 9.95. The van der Waals surface area contributed by atoms with Crippen molar-refractivity contribution in [3.05, 3.63) is 60.4 Å². The van der Waals surface area contributed by atoms with Gasteiger partial charge in [-0.15, -0.1) is 0 Å². The summed E-state index contributed by atoms with van der Waals surface area (Å²) in [6.07, 6.45) is -3.20. The standard InChI is InChI=1S/C17H11F3N6.CH3I/c18-17(19,20)12-7-3-1-5-10(12)14-23-13-8-4-2-6-11(13)15(24-14)25-16-21-9-22-26-16;1-2/h1-9H,(H2,21,22,23,24,25,26);1H3. The molecule has 0 radical (unpaired) electrons. The molecule has 0 aliphatic rings. The van der Waals surface area contributed by atoms with Gasteiger partial charge in [0.2, 0.25) is 5.95 Å². The first-order chi connectivity index (χ1) is 13.5. The molecule has 0 saturated heterocycles. The highest BCUT2D eigenvalue weighted by atomic mass is 127. The lowest BCUT2D eigenvalue weighted by atomic mass is 10.1. The first-order valence-electron chi connectivity index (χ1n) is 7.96. The third-order valence-corrected chi connectivity index (χ3v) is 3.73. The number of halogens is 4. The molecule has 0 saturated carbocycles. The number of alkyl halides is 4. The van der Waals surface area contributed by atoms with Gasteiger partial charge in [0, 0.05) is 10.9 Å². The number of nitrogens with zero attached hydrogens (tertiary/aromatic N) is 4. The first kappa shape index (κ1) is 20.0. The van der Waals surface area contributed by atoms with Crippen LogP contribution in [-0.4, -0.2) is 30.1 Å². The van der Waals surface area contributed by atoms with Crippen molar-refractivity contribution in [3.63, 3.8) is 0 Å². The summed E-state index contributed by atoms with van der Waals surface area (Å²) < 4.78 is 40.1. The van der Waals surface area contributed by atoms with Crippen molar-refractivity contribution in [1.29, 1.82) is 0 Å². The number of rotatable bonds is 3. The molecule has 0 bridgehead atoms.